The van der Waals surface area contributed by atoms with Crippen molar-refractivity contribution in [1.82, 2.24) is 0 Å². The SMILES string of the molecule is CCCCCCCCCCCCCCCCC(C(N)=O)c1ccccc1C(CCCCCCCCCCCCCCCC)C(=O)O. The third-order valence-electron chi connectivity index (χ3n) is 10.1. The van der Waals surface area contributed by atoms with E-state index in [2.05, 4.69) is 13.8 Å². The highest BCUT2D eigenvalue weighted by Gasteiger charge is 2.27. The number of amides is 1. The van der Waals surface area contributed by atoms with E-state index in [0.717, 1.165) is 36.8 Å². The van der Waals surface area contributed by atoms with Gasteiger partial charge in [-0.25, -0.2) is 0 Å². The molecule has 0 saturated heterocycles. The molecule has 0 radical (unpaired) electrons. The Bertz CT molecular complexity index is 784. The monoisotopic (exact) mass is 642 g/mol. The summed E-state index contributed by atoms with van der Waals surface area (Å²) in [6, 6.07) is 7.69. The first-order valence-electron chi connectivity index (χ1n) is 20.1. The minimum atomic E-state index is -0.790. The van der Waals surface area contributed by atoms with Gasteiger partial charge in [0.2, 0.25) is 5.91 Å². The van der Waals surface area contributed by atoms with Crippen molar-refractivity contribution in [2.45, 2.75) is 218 Å². The zero-order chi connectivity index (χ0) is 33.5. The third-order valence-corrected chi connectivity index (χ3v) is 10.1. The number of carboxylic acids is 1. The smallest absolute Gasteiger partial charge is 0.310 e. The Kier molecular flexibility index (Phi) is 28.0. The molecule has 46 heavy (non-hydrogen) atoms. The molecule has 0 aliphatic rings. The molecule has 1 rings (SSSR count). The summed E-state index contributed by atoms with van der Waals surface area (Å²) in [5, 5.41) is 10.2. The van der Waals surface area contributed by atoms with Crippen LogP contribution in [0.1, 0.15) is 229 Å². The van der Waals surface area contributed by atoms with Crippen LogP contribution in [0.2, 0.25) is 0 Å². The first kappa shape index (κ1) is 42.2. The highest BCUT2D eigenvalue weighted by Crippen LogP contribution is 2.33. The second kappa shape index (κ2) is 30.5. The Hall–Kier alpha value is -1.84. The molecule has 4 heteroatoms. The Morgan fingerprint density at radius 3 is 1.02 bits per heavy atom. The van der Waals surface area contributed by atoms with Gasteiger partial charge in [0.1, 0.15) is 0 Å². The van der Waals surface area contributed by atoms with Crippen LogP contribution < -0.4 is 5.73 Å². The van der Waals surface area contributed by atoms with Crippen LogP contribution in [0.3, 0.4) is 0 Å². The number of benzene rings is 1. The average Bonchev–Trinajstić information content (AvgIpc) is 3.04. The number of unbranched alkanes of at least 4 members (excludes halogenated alkanes) is 26. The van der Waals surface area contributed by atoms with Crippen molar-refractivity contribution in [3.8, 4) is 0 Å². The van der Waals surface area contributed by atoms with Crippen molar-refractivity contribution in [2.24, 2.45) is 5.73 Å². The lowest BCUT2D eigenvalue weighted by molar-refractivity contribution is -0.139. The van der Waals surface area contributed by atoms with Gasteiger partial charge in [-0.3, -0.25) is 9.59 Å². The molecule has 1 amide bonds. The van der Waals surface area contributed by atoms with Gasteiger partial charge in [0.05, 0.1) is 11.8 Å². The van der Waals surface area contributed by atoms with Crippen molar-refractivity contribution in [1.29, 1.82) is 0 Å². The van der Waals surface area contributed by atoms with Crippen LogP contribution >= 0.6 is 0 Å². The molecule has 2 atom stereocenters. The Morgan fingerprint density at radius 1 is 0.478 bits per heavy atom. The number of carboxylic acid groups (broad SMARTS) is 1. The molecule has 266 valence electrons. The van der Waals surface area contributed by atoms with Gasteiger partial charge in [0.25, 0.3) is 0 Å². The number of primary amides is 1. The topological polar surface area (TPSA) is 80.4 Å². The van der Waals surface area contributed by atoms with Crippen LogP contribution in [0.5, 0.6) is 0 Å². The second-order valence-corrected chi connectivity index (χ2v) is 14.2. The lowest BCUT2D eigenvalue weighted by Crippen LogP contribution is -2.24. The predicted octanol–water partition coefficient (Wildman–Crippen LogP) is 13.2. The Morgan fingerprint density at radius 2 is 0.739 bits per heavy atom. The largest absolute Gasteiger partial charge is 0.481 e. The van der Waals surface area contributed by atoms with E-state index in [9.17, 15) is 14.7 Å². The van der Waals surface area contributed by atoms with E-state index >= 15 is 0 Å². The summed E-state index contributed by atoms with van der Waals surface area (Å²) in [6.07, 6.45) is 37.5. The van der Waals surface area contributed by atoms with E-state index in [1.807, 2.05) is 24.3 Å². The van der Waals surface area contributed by atoms with Crippen LogP contribution in [0.15, 0.2) is 24.3 Å². The van der Waals surface area contributed by atoms with Gasteiger partial charge in [-0.2, -0.15) is 0 Å². The van der Waals surface area contributed by atoms with E-state index < -0.39 is 17.8 Å². The third kappa shape index (κ3) is 21.9. The van der Waals surface area contributed by atoms with Crippen LogP contribution in [0.4, 0.5) is 0 Å². The highest BCUT2D eigenvalue weighted by atomic mass is 16.4. The molecular weight excluding hydrogens is 566 g/mol. The number of carbonyl (C=O) groups excluding carboxylic acids is 1. The fraction of sp³-hybridized carbons (Fsp3) is 0.810. The van der Waals surface area contributed by atoms with E-state index in [4.69, 9.17) is 5.73 Å². The van der Waals surface area contributed by atoms with Crippen LogP contribution in [0, 0.1) is 0 Å². The summed E-state index contributed by atoms with van der Waals surface area (Å²) in [4.78, 5) is 25.0. The van der Waals surface area contributed by atoms with Gasteiger partial charge in [-0.05, 0) is 24.0 Å². The zero-order valence-corrected chi connectivity index (χ0v) is 30.5. The fourth-order valence-corrected chi connectivity index (χ4v) is 7.09. The van der Waals surface area contributed by atoms with Crippen LogP contribution in [0.25, 0.3) is 0 Å². The average molecular weight is 642 g/mol. The summed E-state index contributed by atoms with van der Waals surface area (Å²) in [5.74, 6) is -2.11. The van der Waals surface area contributed by atoms with E-state index in [1.165, 1.54) is 154 Å². The summed E-state index contributed by atoms with van der Waals surface area (Å²) in [6.45, 7) is 4.54. The van der Waals surface area contributed by atoms with Gasteiger partial charge in [0, 0.05) is 0 Å². The fourth-order valence-electron chi connectivity index (χ4n) is 7.09. The summed E-state index contributed by atoms with van der Waals surface area (Å²) < 4.78 is 0. The van der Waals surface area contributed by atoms with E-state index in [1.54, 1.807) is 0 Å². The van der Waals surface area contributed by atoms with E-state index in [-0.39, 0.29) is 5.91 Å². The number of rotatable bonds is 34. The summed E-state index contributed by atoms with van der Waals surface area (Å²) in [5.41, 5.74) is 7.54. The first-order chi connectivity index (χ1) is 22.5. The molecule has 0 aliphatic carbocycles. The van der Waals surface area contributed by atoms with Gasteiger partial charge in [0.15, 0.2) is 0 Å². The van der Waals surface area contributed by atoms with Crippen molar-refractivity contribution >= 4 is 11.9 Å². The standard InChI is InChI=1S/C42H75NO3/c1-3-5-7-9-11-13-15-17-19-21-23-25-27-29-35-39(41(43)44)37-33-31-32-34-38(37)40(42(45)46)36-30-28-26-24-22-20-18-16-14-12-10-8-6-4-2/h31-34,39-40H,3-30,35-36H2,1-2H3,(H2,43,44)(H,45,46). The number of hydrogen-bond acceptors (Lipinski definition) is 2. The van der Waals surface area contributed by atoms with Crippen molar-refractivity contribution in [3.63, 3.8) is 0 Å². The molecule has 1 aromatic carbocycles. The minimum absolute atomic E-state index is 0.331. The maximum atomic E-state index is 12.6. The molecule has 0 aromatic heterocycles. The minimum Gasteiger partial charge on any atom is -0.481 e. The van der Waals surface area contributed by atoms with Gasteiger partial charge in [-0.1, -0.05) is 218 Å². The predicted molar refractivity (Wildman–Crippen MR) is 199 cm³/mol. The van der Waals surface area contributed by atoms with Crippen LogP contribution in [-0.2, 0) is 9.59 Å². The molecule has 3 N–H and O–H groups in total. The molecule has 0 saturated carbocycles. The van der Waals surface area contributed by atoms with E-state index in [0.29, 0.717) is 12.8 Å². The van der Waals surface area contributed by atoms with Gasteiger partial charge >= 0.3 is 5.97 Å². The Balaban J connectivity index is 2.33. The molecule has 0 fully saturated rings. The maximum absolute atomic E-state index is 12.6. The molecule has 0 heterocycles. The Labute approximate surface area is 285 Å². The maximum Gasteiger partial charge on any atom is 0.310 e. The molecule has 1 aromatic rings. The molecule has 4 nitrogen and oxygen atoms in total. The highest BCUT2D eigenvalue weighted by molar-refractivity contribution is 5.84. The lowest BCUT2D eigenvalue weighted by atomic mass is 9.82. The number of nitrogens with two attached hydrogens (primary N) is 1. The van der Waals surface area contributed by atoms with Gasteiger partial charge in [-0.15, -0.1) is 0 Å². The number of hydrogen-bond donors (Lipinski definition) is 2. The first-order valence-corrected chi connectivity index (χ1v) is 20.1. The number of carbonyl (C=O) groups is 2. The number of aliphatic carboxylic acids is 1. The zero-order valence-electron chi connectivity index (χ0n) is 30.5. The van der Waals surface area contributed by atoms with Crippen molar-refractivity contribution in [2.75, 3.05) is 0 Å². The second-order valence-electron chi connectivity index (χ2n) is 14.2. The summed E-state index contributed by atoms with van der Waals surface area (Å²) in [7, 11) is 0. The van der Waals surface area contributed by atoms with Crippen molar-refractivity contribution in [3.05, 3.63) is 35.4 Å². The van der Waals surface area contributed by atoms with Gasteiger partial charge < -0.3 is 10.8 Å². The lowest BCUT2D eigenvalue weighted by Gasteiger charge is -2.22. The molecular formula is C42H75NO3. The molecule has 0 aliphatic heterocycles. The summed E-state index contributed by atoms with van der Waals surface area (Å²) >= 11 is 0. The van der Waals surface area contributed by atoms with Crippen LogP contribution in [-0.4, -0.2) is 17.0 Å². The molecule has 2 unspecified atom stereocenters. The molecule has 0 spiro atoms. The quantitative estimate of drug-likeness (QED) is 0.0735. The van der Waals surface area contributed by atoms with Crippen molar-refractivity contribution < 1.29 is 14.7 Å². The normalized spacial score (nSPS) is 12.7. The molecule has 0 bridgehead atoms.